The van der Waals surface area contributed by atoms with Gasteiger partial charge in [-0.15, -0.1) is 0 Å². The number of phenols is 1. The molecule has 4 nitrogen and oxygen atoms in total. The number of carboxylic acid groups (broad SMARTS) is 1. The maximum atomic E-state index is 11.5. The van der Waals surface area contributed by atoms with E-state index in [1.165, 1.54) is 12.1 Å². The quantitative estimate of drug-likeness (QED) is 0.817. The molecule has 0 bridgehead atoms. The Morgan fingerprint density at radius 1 is 1.35 bits per heavy atom. The van der Waals surface area contributed by atoms with Crippen LogP contribution in [0, 0.1) is 11.3 Å². The van der Waals surface area contributed by atoms with Crippen molar-refractivity contribution in [2.75, 3.05) is 0 Å². The lowest BCUT2D eigenvalue weighted by atomic mass is 9.78. The lowest BCUT2D eigenvalue weighted by Crippen LogP contribution is -2.32. The lowest BCUT2D eigenvalue weighted by Gasteiger charge is -2.24. The van der Waals surface area contributed by atoms with E-state index in [0.29, 0.717) is 18.4 Å². The van der Waals surface area contributed by atoms with Crippen molar-refractivity contribution in [2.24, 2.45) is 0 Å². The second kappa shape index (κ2) is 4.10. The van der Waals surface area contributed by atoms with Crippen LogP contribution in [0.1, 0.15) is 36.8 Å². The Balaban J connectivity index is 2.52. The Morgan fingerprint density at radius 3 is 2.53 bits per heavy atom. The minimum absolute atomic E-state index is 0.102. The zero-order valence-electron chi connectivity index (χ0n) is 9.31. The number of rotatable bonds is 2. The summed E-state index contributed by atoms with van der Waals surface area (Å²) in [7, 11) is 0. The number of nitrogens with zero attached hydrogens (tertiary/aromatic N) is 1. The lowest BCUT2D eigenvalue weighted by molar-refractivity contribution is -0.143. The Morgan fingerprint density at radius 2 is 2.00 bits per heavy atom. The maximum Gasteiger partial charge on any atom is 0.314 e. The van der Waals surface area contributed by atoms with Crippen LogP contribution in [0.4, 0.5) is 0 Å². The van der Waals surface area contributed by atoms with E-state index in [0.717, 1.165) is 12.8 Å². The number of benzene rings is 1. The zero-order valence-corrected chi connectivity index (χ0v) is 9.31. The van der Waals surface area contributed by atoms with Gasteiger partial charge >= 0.3 is 5.97 Å². The van der Waals surface area contributed by atoms with Crippen LogP contribution in [-0.2, 0) is 10.2 Å². The van der Waals surface area contributed by atoms with Gasteiger partial charge in [0, 0.05) is 0 Å². The fourth-order valence-corrected chi connectivity index (χ4v) is 2.53. The van der Waals surface area contributed by atoms with Crippen LogP contribution in [-0.4, -0.2) is 16.2 Å². The summed E-state index contributed by atoms with van der Waals surface area (Å²) in [6.45, 7) is 0. The van der Waals surface area contributed by atoms with E-state index in [1.54, 1.807) is 6.07 Å². The summed E-state index contributed by atoms with van der Waals surface area (Å²) in [5.74, 6) is -0.945. The standard InChI is InChI=1S/C13H13NO3/c14-8-9-7-10(3-4-11(9)15)13(12(16)17)5-1-2-6-13/h3-4,7,15H,1-2,5-6H2,(H,16,17). The van der Waals surface area contributed by atoms with Crippen molar-refractivity contribution in [1.29, 1.82) is 5.26 Å². The molecule has 88 valence electrons. The van der Waals surface area contributed by atoms with Crippen molar-refractivity contribution in [3.63, 3.8) is 0 Å². The van der Waals surface area contributed by atoms with Crippen LogP contribution in [0.2, 0.25) is 0 Å². The third kappa shape index (κ3) is 1.74. The molecule has 17 heavy (non-hydrogen) atoms. The number of hydrogen-bond acceptors (Lipinski definition) is 3. The van der Waals surface area contributed by atoms with Gasteiger partial charge in [-0.05, 0) is 30.5 Å². The van der Waals surface area contributed by atoms with Crippen LogP contribution in [0.5, 0.6) is 5.75 Å². The third-order valence-electron chi connectivity index (χ3n) is 3.54. The normalized spacial score (nSPS) is 17.6. The molecule has 1 aromatic rings. The predicted octanol–water partition coefficient (Wildman–Crippen LogP) is 2.16. The summed E-state index contributed by atoms with van der Waals surface area (Å²) in [4.78, 5) is 11.5. The fraction of sp³-hybridized carbons (Fsp3) is 0.385. The van der Waals surface area contributed by atoms with Crippen molar-refractivity contribution in [3.05, 3.63) is 29.3 Å². The first-order valence-corrected chi connectivity index (χ1v) is 5.57. The summed E-state index contributed by atoms with van der Waals surface area (Å²) in [5.41, 5.74) is -0.119. The molecule has 0 aromatic heterocycles. The molecule has 1 fully saturated rings. The van der Waals surface area contributed by atoms with Gasteiger partial charge in [0.15, 0.2) is 0 Å². The molecule has 0 radical (unpaired) electrons. The smallest absolute Gasteiger partial charge is 0.314 e. The Bertz CT molecular complexity index is 496. The molecule has 1 aromatic carbocycles. The SMILES string of the molecule is N#Cc1cc(C2(C(=O)O)CCCC2)ccc1O. The average Bonchev–Trinajstić information content (AvgIpc) is 2.80. The summed E-state index contributed by atoms with van der Waals surface area (Å²) >= 11 is 0. The van der Waals surface area contributed by atoms with E-state index < -0.39 is 11.4 Å². The molecule has 0 saturated heterocycles. The monoisotopic (exact) mass is 231 g/mol. The summed E-state index contributed by atoms with van der Waals surface area (Å²) in [6.07, 6.45) is 2.96. The summed E-state index contributed by atoms with van der Waals surface area (Å²) in [5, 5.41) is 27.7. The molecule has 2 rings (SSSR count). The van der Waals surface area contributed by atoms with Crippen LogP contribution in [0.25, 0.3) is 0 Å². The molecule has 0 aliphatic heterocycles. The van der Waals surface area contributed by atoms with Crippen molar-refractivity contribution >= 4 is 5.97 Å². The average molecular weight is 231 g/mol. The van der Waals surface area contributed by atoms with E-state index in [4.69, 9.17) is 5.26 Å². The Labute approximate surface area is 99.1 Å². The number of hydrogen-bond donors (Lipinski definition) is 2. The molecule has 0 amide bonds. The molecule has 2 N–H and O–H groups in total. The first-order valence-electron chi connectivity index (χ1n) is 5.57. The number of carboxylic acids is 1. The second-order valence-electron chi connectivity index (χ2n) is 4.44. The van der Waals surface area contributed by atoms with Gasteiger partial charge < -0.3 is 10.2 Å². The molecular weight excluding hydrogens is 218 g/mol. The first-order chi connectivity index (χ1) is 8.10. The molecule has 0 spiro atoms. The van der Waals surface area contributed by atoms with E-state index in [9.17, 15) is 15.0 Å². The maximum absolute atomic E-state index is 11.5. The summed E-state index contributed by atoms with van der Waals surface area (Å²) in [6, 6.07) is 6.37. The van der Waals surface area contributed by atoms with Gasteiger partial charge in [0.1, 0.15) is 11.8 Å². The van der Waals surface area contributed by atoms with E-state index in [1.807, 2.05) is 6.07 Å². The molecule has 1 saturated carbocycles. The molecular formula is C13H13NO3. The van der Waals surface area contributed by atoms with Gasteiger partial charge in [0.05, 0.1) is 11.0 Å². The van der Waals surface area contributed by atoms with Gasteiger partial charge in [-0.1, -0.05) is 18.9 Å². The topological polar surface area (TPSA) is 81.3 Å². The van der Waals surface area contributed by atoms with E-state index in [-0.39, 0.29) is 11.3 Å². The van der Waals surface area contributed by atoms with Gasteiger partial charge in [-0.2, -0.15) is 5.26 Å². The number of carbonyl (C=O) groups is 1. The minimum atomic E-state index is -0.876. The molecule has 1 aliphatic rings. The minimum Gasteiger partial charge on any atom is -0.507 e. The second-order valence-corrected chi connectivity index (χ2v) is 4.44. The van der Waals surface area contributed by atoms with Crippen LogP contribution < -0.4 is 0 Å². The highest BCUT2D eigenvalue weighted by molar-refractivity contribution is 5.82. The number of aromatic hydroxyl groups is 1. The molecule has 0 unspecified atom stereocenters. The fourth-order valence-electron chi connectivity index (χ4n) is 2.53. The van der Waals surface area contributed by atoms with Crippen LogP contribution in [0.15, 0.2) is 18.2 Å². The van der Waals surface area contributed by atoms with Crippen molar-refractivity contribution in [1.82, 2.24) is 0 Å². The van der Waals surface area contributed by atoms with Gasteiger partial charge in [-0.3, -0.25) is 4.79 Å². The number of phenolic OH excluding ortho intramolecular Hbond substituents is 1. The van der Waals surface area contributed by atoms with Gasteiger partial charge in [0.2, 0.25) is 0 Å². The van der Waals surface area contributed by atoms with Crippen molar-refractivity contribution in [2.45, 2.75) is 31.1 Å². The highest BCUT2D eigenvalue weighted by atomic mass is 16.4. The van der Waals surface area contributed by atoms with Crippen LogP contribution >= 0.6 is 0 Å². The summed E-state index contributed by atoms with van der Waals surface area (Å²) < 4.78 is 0. The number of nitriles is 1. The third-order valence-corrected chi connectivity index (χ3v) is 3.54. The zero-order chi connectivity index (χ0) is 12.5. The van der Waals surface area contributed by atoms with E-state index in [2.05, 4.69) is 0 Å². The first kappa shape index (κ1) is 11.5. The van der Waals surface area contributed by atoms with Gasteiger partial charge in [0.25, 0.3) is 0 Å². The Kier molecular flexibility index (Phi) is 2.76. The van der Waals surface area contributed by atoms with Gasteiger partial charge in [-0.25, -0.2) is 0 Å². The predicted molar refractivity (Wildman–Crippen MR) is 60.6 cm³/mol. The highest BCUT2D eigenvalue weighted by Gasteiger charge is 2.43. The largest absolute Gasteiger partial charge is 0.507 e. The van der Waals surface area contributed by atoms with E-state index >= 15 is 0 Å². The Hall–Kier alpha value is -2.02. The molecule has 4 heteroatoms. The molecule has 1 aliphatic carbocycles. The molecule has 0 heterocycles. The molecule has 0 atom stereocenters. The van der Waals surface area contributed by atoms with Crippen molar-refractivity contribution < 1.29 is 15.0 Å². The van der Waals surface area contributed by atoms with Crippen LogP contribution in [0.3, 0.4) is 0 Å². The number of aliphatic carboxylic acids is 1. The highest BCUT2D eigenvalue weighted by Crippen LogP contribution is 2.42. The van der Waals surface area contributed by atoms with Crippen molar-refractivity contribution in [3.8, 4) is 11.8 Å².